The molecule has 66 valence electrons. The van der Waals surface area contributed by atoms with Crippen LogP contribution in [0.4, 0.5) is 0 Å². The van der Waals surface area contributed by atoms with Crippen LogP contribution in [0.5, 0.6) is 5.75 Å². The highest BCUT2D eigenvalue weighted by Crippen LogP contribution is 2.13. The van der Waals surface area contributed by atoms with E-state index in [-0.39, 0.29) is 0 Å². The van der Waals surface area contributed by atoms with E-state index in [4.69, 9.17) is 5.11 Å². The van der Waals surface area contributed by atoms with Crippen LogP contribution in [0.1, 0.15) is 18.4 Å². The number of hydrogen-bond donors (Lipinski definition) is 1. The Bertz CT molecular complexity index is 235. The van der Waals surface area contributed by atoms with Gasteiger partial charge < -0.3 is 5.11 Å². The van der Waals surface area contributed by atoms with Crippen molar-refractivity contribution < 1.29 is 5.11 Å². The maximum atomic E-state index is 9.16. The summed E-state index contributed by atoms with van der Waals surface area (Å²) < 4.78 is 0. The fraction of sp³-hybridized carbons (Fsp3) is 0.400. The summed E-state index contributed by atoms with van der Waals surface area (Å²) in [6.07, 6.45) is 3.42. The van der Waals surface area contributed by atoms with Crippen molar-refractivity contribution in [3.8, 4) is 5.75 Å². The van der Waals surface area contributed by atoms with Gasteiger partial charge >= 0.3 is 0 Å². The molecule has 0 saturated carbocycles. The van der Waals surface area contributed by atoms with Gasteiger partial charge in [0.2, 0.25) is 0 Å². The maximum Gasteiger partial charge on any atom is 0.115 e. The SMILES string of the molecule is Oc1cccc(CCCCBr)c1. The summed E-state index contributed by atoms with van der Waals surface area (Å²) in [6, 6.07) is 7.47. The van der Waals surface area contributed by atoms with Crippen LogP contribution in [0.3, 0.4) is 0 Å². The van der Waals surface area contributed by atoms with E-state index < -0.39 is 0 Å². The Morgan fingerprint density at radius 2 is 2.08 bits per heavy atom. The number of unbranched alkanes of at least 4 members (excludes halogenated alkanes) is 1. The molecular formula is C10H13BrO. The van der Waals surface area contributed by atoms with Crippen molar-refractivity contribution in [2.45, 2.75) is 19.3 Å². The number of alkyl halides is 1. The smallest absolute Gasteiger partial charge is 0.115 e. The molecular weight excluding hydrogens is 216 g/mol. The summed E-state index contributed by atoms with van der Waals surface area (Å²) >= 11 is 3.39. The first-order valence-corrected chi connectivity index (χ1v) is 5.29. The number of phenolic OH excluding ortho intramolecular Hbond substituents is 1. The van der Waals surface area contributed by atoms with Crippen molar-refractivity contribution in [2.75, 3.05) is 5.33 Å². The molecule has 2 heteroatoms. The van der Waals surface area contributed by atoms with E-state index in [1.807, 2.05) is 18.2 Å². The van der Waals surface area contributed by atoms with Gasteiger partial charge in [0.25, 0.3) is 0 Å². The number of rotatable bonds is 4. The van der Waals surface area contributed by atoms with Gasteiger partial charge in [0.1, 0.15) is 5.75 Å². The summed E-state index contributed by atoms with van der Waals surface area (Å²) in [5.74, 6) is 0.367. The first-order chi connectivity index (χ1) is 5.83. The Morgan fingerprint density at radius 1 is 1.25 bits per heavy atom. The molecule has 0 aliphatic heterocycles. The Balaban J connectivity index is 2.41. The van der Waals surface area contributed by atoms with Crippen molar-refractivity contribution in [3.63, 3.8) is 0 Å². The quantitative estimate of drug-likeness (QED) is 0.621. The predicted octanol–water partition coefficient (Wildman–Crippen LogP) is 3.11. The molecule has 0 aliphatic rings. The minimum absolute atomic E-state index is 0.367. The molecule has 1 aromatic carbocycles. The number of halogens is 1. The highest BCUT2D eigenvalue weighted by atomic mass is 79.9. The molecule has 1 N–H and O–H groups in total. The Kier molecular flexibility index (Phi) is 4.15. The van der Waals surface area contributed by atoms with Crippen molar-refractivity contribution in [1.29, 1.82) is 0 Å². The summed E-state index contributed by atoms with van der Waals surface area (Å²) in [5.41, 5.74) is 1.22. The number of aryl methyl sites for hydroxylation is 1. The lowest BCUT2D eigenvalue weighted by molar-refractivity contribution is 0.474. The average Bonchev–Trinajstić information content (AvgIpc) is 2.05. The van der Waals surface area contributed by atoms with Crippen LogP contribution >= 0.6 is 15.9 Å². The maximum absolute atomic E-state index is 9.16. The van der Waals surface area contributed by atoms with Crippen molar-refractivity contribution in [1.82, 2.24) is 0 Å². The van der Waals surface area contributed by atoms with E-state index in [9.17, 15) is 0 Å². The van der Waals surface area contributed by atoms with E-state index >= 15 is 0 Å². The van der Waals surface area contributed by atoms with Crippen molar-refractivity contribution >= 4 is 15.9 Å². The molecule has 0 amide bonds. The first kappa shape index (κ1) is 9.59. The zero-order valence-corrected chi connectivity index (χ0v) is 8.55. The first-order valence-electron chi connectivity index (χ1n) is 4.17. The van der Waals surface area contributed by atoms with Crippen molar-refractivity contribution in [2.24, 2.45) is 0 Å². The number of aromatic hydroxyl groups is 1. The lowest BCUT2D eigenvalue weighted by Crippen LogP contribution is -1.85. The normalized spacial score (nSPS) is 10.1. The van der Waals surface area contributed by atoms with Gasteiger partial charge in [0.05, 0.1) is 0 Å². The van der Waals surface area contributed by atoms with Crippen LogP contribution in [0, 0.1) is 0 Å². The number of hydrogen-bond acceptors (Lipinski definition) is 1. The van der Waals surface area contributed by atoms with Gasteiger partial charge in [0.15, 0.2) is 0 Å². The minimum Gasteiger partial charge on any atom is -0.508 e. The third-order valence-electron chi connectivity index (χ3n) is 1.76. The monoisotopic (exact) mass is 228 g/mol. The fourth-order valence-corrected chi connectivity index (χ4v) is 1.53. The minimum atomic E-state index is 0.367. The van der Waals surface area contributed by atoms with Crippen LogP contribution in [-0.4, -0.2) is 10.4 Å². The van der Waals surface area contributed by atoms with Crippen LogP contribution in [0.2, 0.25) is 0 Å². The van der Waals surface area contributed by atoms with Gasteiger partial charge in [-0.15, -0.1) is 0 Å². The number of benzene rings is 1. The topological polar surface area (TPSA) is 20.2 Å². The van der Waals surface area contributed by atoms with Gasteiger partial charge in [-0.2, -0.15) is 0 Å². The Labute approximate surface area is 81.6 Å². The van der Waals surface area contributed by atoms with Gasteiger partial charge in [0, 0.05) is 5.33 Å². The van der Waals surface area contributed by atoms with Crippen molar-refractivity contribution in [3.05, 3.63) is 29.8 Å². The molecule has 0 aliphatic carbocycles. The predicted molar refractivity (Wildman–Crippen MR) is 54.8 cm³/mol. The largest absolute Gasteiger partial charge is 0.508 e. The average molecular weight is 229 g/mol. The third kappa shape index (κ3) is 3.26. The molecule has 0 aromatic heterocycles. The Morgan fingerprint density at radius 3 is 2.75 bits per heavy atom. The van der Waals surface area contributed by atoms with Crippen LogP contribution in [0.15, 0.2) is 24.3 Å². The third-order valence-corrected chi connectivity index (χ3v) is 2.32. The molecule has 1 aromatic rings. The highest BCUT2D eigenvalue weighted by molar-refractivity contribution is 9.09. The second-order valence-electron chi connectivity index (χ2n) is 2.82. The van der Waals surface area contributed by atoms with E-state index in [1.165, 1.54) is 18.4 Å². The second kappa shape index (κ2) is 5.20. The molecule has 0 bridgehead atoms. The van der Waals surface area contributed by atoms with E-state index in [0.717, 1.165) is 11.8 Å². The van der Waals surface area contributed by atoms with Crippen LogP contribution in [0.25, 0.3) is 0 Å². The summed E-state index contributed by atoms with van der Waals surface area (Å²) in [5, 5.41) is 10.2. The zero-order chi connectivity index (χ0) is 8.81. The molecule has 0 heterocycles. The van der Waals surface area contributed by atoms with Gasteiger partial charge in [-0.3, -0.25) is 0 Å². The zero-order valence-electron chi connectivity index (χ0n) is 6.96. The van der Waals surface area contributed by atoms with E-state index in [1.54, 1.807) is 6.07 Å². The standard InChI is InChI=1S/C10H13BrO/c11-7-2-1-4-9-5-3-6-10(12)8-9/h3,5-6,8,12H,1-2,4,7H2. The van der Waals surface area contributed by atoms with E-state index in [0.29, 0.717) is 5.75 Å². The second-order valence-corrected chi connectivity index (χ2v) is 3.61. The fourth-order valence-electron chi connectivity index (χ4n) is 1.14. The molecule has 0 saturated heterocycles. The molecule has 0 unspecified atom stereocenters. The number of phenols is 1. The molecule has 0 spiro atoms. The van der Waals surface area contributed by atoms with Crippen LogP contribution in [-0.2, 0) is 6.42 Å². The van der Waals surface area contributed by atoms with Gasteiger partial charge in [-0.05, 0) is 37.0 Å². The summed E-state index contributed by atoms with van der Waals surface area (Å²) in [6.45, 7) is 0. The van der Waals surface area contributed by atoms with Gasteiger partial charge in [-0.1, -0.05) is 28.1 Å². The van der Waals surface area contributed by atoms with E-state index in [2.05, 4.69) is 15.9 Å². The highest BCUT2D eigenvalue weighted by Gasteiger charge is 1.93. The summed E-state index contributed by atoms with van der Waals surface area (Å²) in [7, 11) is 0. The Hall–Kier alpha value is -0.500. The van der Waals surface area contributed by atoms with Crippen LogP contribution < -0.4 is 0 Å². The molecule has 0 atom stereocenters. The lowest BCUT2D eigenvalue weighted by atomic mass is 10.1. The lowest BCUT2D eigenvalue weighted by Gasteiger charge is -1.99. The summed E-state index contributed by atoms with van der Waals surface area (Å²) in [4.78, 5) is 0. The molecule has 1 nitrogen and oxygen atoms in total. The van der Waals surface area contributed by atoms with Gasteiger partial charge in [-0.25, -0.2) is 0 Å². The molecule has 0 fully saturated rings. The molecule has 0 radical (unpaired) electrons. The molecule has 1 rings (SSSR count). The molecule has 12 heavy (non-hydrogen) atoms.